The highest BCUT2D eigenvalue weighted by Gasteiger charge is 2.43. The van der Waals surface area contributed by atoms with Gasteiger partial charge in [-0.2, -0.15) is 0 Å². The average Bonchev–Trinajstić information content (AvgIpc) is 2.97. The lowest BCUT2D eigenvalue weighted by molar-refractivity contribution is -0.0598. The van der Waals surface area contributed by atoms with E-state index in [1.54, 1.807) is 0 Å². The van der Waals surface area contributed by atoms with Crippen LogP contribution in [0.3, 0.4) is 0 Å². The number of aliphatic hydroxyl groups is 2. The molecule has 6 heteroatoms. The fourth-order valence-corrected chi connectivity index (χ4v) is 4.13. The van der Waals surface area contributed by atoms with E-state index < -0.39 is 17.3 Å². The van der Waals surface area contributed by atoms with Crippen molar-refractivity contribution in [3.63, 3.8) is 0 Å². The lowest BCUT2D eigenvalue weighted by Gasteiger charge is -2.40. The van der Waals surface area contributed by atoms with E-state index in [1.807, 2.05) is 20.8 Å². The molecular formula is C23H33NO5. The minimum atomic E-state index is -0.788. The van der Waals surface area contributed by atoms with Gasteiger partial charge in [0.15, 0.2) is 0 Å². The van der Waals surface area contributed by atoms with Gasteiger partial charge in [-0.25, -0.2) is 0 Å². The average molecular weight is 404 g/mol. The standard InChI is InChI=1S/C23H33NO5/c1-14(7-5-9-22(2,3)28)8-6-10-23(4)19(26)12-16-18(25)11-15-17(20(16)29-23)13-24-21(15)27/h8,11,19,25-26,28H,5-7,9-10,12-13H2,1-4H3,(H,24,27)/b14-8+. The summed E-state index contributed by atoms with van der Waals surface area (Å²) in [6.07, 6.45) is 5.73. The predicted octanol–water partition coefficient (Wildman–Crippen LogP) is 3.36. The van der Waals surface area contributed by atoms with Crippen LogP contribution in [0.2, 0.25) is 0 Å². The lowest BCUT2D eigenvalue weighted by atomic mass is 9.84. The monoisotopic (exact) mass is 403 g/mol. The molecule has 0 radical (unpaired) electrons. The highest BCUT2D eigenvalue weighted by Crippen LogP contribution is 2.45. The van der Waals surface area contributed by atoms with Gasteiger partial charge >= 0.3 is 0 Å². The first-order valence-electron chi connectivity index (χ1n) is 10.4. The molecule has 6 nitrogen and oxygen atoms in total. The molecule has 29 heavy (non-hydrogen) atoms. The summed E-state index contributed by atoms with van der Waals surface area (Å²) in [5.41, 5.74) is 1.62. The number of aromatic hydroxyl groups is 1. The number of aliphatic hydroxyl groups excluding tert-OH is 1. The number of carbonyl (C=O) groups excluding carboxylic acids is 1. The number of hydrogen-bond acceptors (Lipinski definition) is 5. The second kappa shape index (κ2) is 8.00. The Labute approximate surface area is 172 Å². The fourth-order valence-electron chi connectivity index (χ4n) is 4.13. The molecule has 0 aliphatic carbocycles. The molecule has 1 amide bonds. The van der Waals surface area contributed by atoms with Crippen molar-refractivity contribution in [1.82, 2.24) is 5.32 Å². The molecule has 0 aromatic heterocycles. The van der Waals surface area contributed by atoms with Crippen LogP contribution in [-0.2, 0) is 13.0 Å². The summed E-state index contributed by atoms with van der Waals surface area (Å²) >= 11 is 0. The Morgan fingerprint density at radius 2 is 2.14 bits per heavy atom. The number of phenols is 1. The van der Waals surface area contributed by atoms with Crippen LogP contribution in [-0.4, -0.2) is 38.5 Å². The molecule has 1 aromatic rings. The number of amides is 1. The van der Waals surface area contributed by atoms with E-state index in [4.69, 9.17) is 4.74 Å². The van der Waals surface area contributed by atoms with E-state index in [0.717, 1.165) is 31.2 Å². The van der Waals surface area contributed by atoms with Crippen molar-refractivity contribution in [3.05, 3.63) is 34.4 Å². The molecule has 0 bridgehead atoms. The van der Waals surface area contributed by atoms with Crippen molar-refractivity contribution in [2.24, 2.45) is 0 Å². The molecule has 1 aromatic carbocycles. The molecule has 2 unspecified atom stereocenters. The van der Waals surface area contributed by atoms with Gasteiger partial charge in [-0.3, -0.25) is 4.79 Å². The van der Waals surface area contributed by atoms with Crippen LogP contribution in [0.1, 0.15) is 81.3 Å². The third kappa shape index (κ3) is 4.75. The molecule has 2 heterocycles. The van der Waals surface area contributed by atoms with E-state index in [2.05, 4.69) is 18.3 Å². The Hall–Kier alpha value is -2.05. The molecular weight excluding hydrogens is 370 g/mol. The van der Waals surface area contributed by atoms with Gasteiger partial charge in [-0.15, -0.1) is 0 Å². The third-order valence-corrected chi connectivity index (χ3v) is 6.06. The van der Waals surface area contributed by atoms with Crippen LogP contribution < -0.4 is 10.1 Å². The number of benzene rings is 1. The van der Waals surface area contributed by atoms with Crippen molar-refractivity contribution >= 4 is 5.91 Å². The van der Waals surface area contributed by atoms with Gasteiger partial charge in [0, 0.05) is 24.1 Å². The maximum Gasteiger partial charge on any atom is 0.252 e. The second-order valence-electron chi connectivity index (χ2n) is 9.30. The lowest BCUT2D eigenvalue weighted by Crippen LogP contribution is -2.49. The van der Waals surface area contributed by atoms with Crippen LogP contribution in [0.4, 0.5) is 0 Å². The van der Waals surface area contributed by atoms with Gasteiger partial charge in [-0.1, -0.05) is 11.6 Å². The number of hydrogen-bond donors (Lipinski definition) is 4. The molecule has 3 rings (SSSR count). The van der Waals surface area contributed by atoms with Crippen molar-refractivity contribution < 1.29 is 24.9 Å². The van der Waals surface area contributed by atoms with E-state index in [0.29, 0.717) is 36.3 Å². The number of ether oxygens (including phenoxy) is 1. The molecule has 0 saturated carbocycles. The Bertz CT molecular complexity index is 824. The van der Waals surface area contributed by atoms with Gasteiger partial charge in [0.1, 0.15) is 17.1 Å². The SMILES string of the molecule is C/C(=C\CCC1(C)Oc2c(c(O)cc3c2CNC3=O)CC1O)CCCC(C)(C)O. The summed E-state index contributed by atoms with van der Waals surface area (Å²) in [6, 6.07) is 1.47. The first-order chi connectivity index (χ1) is 13.5. The van der Waals surface area contributed by atoms with Crippen LogP contribution in [0.15, 0.2) is 17.7 Å². The Kier molecular flexibility index (Phi) is 5.97. The van der Waals surface area contributed by atoms with Crippen LogP contribution >= 0.6 is 0 Å². The fraction of sp³-hybridized carbons (Fsp3) is 0.609. The van der Waals surface area contributed by atoms with Crippen LogP contribution in [0, 0.1) is 0 Å². The van der Waals surface area contributed by atoms with Gasteiger partial charge in [0.25, 0.3) is 5.91 Å². The van der Waals surface area contributed by atoms with E-state index in [1.165, 1.54) is 11.6 Å². The molecule has 160 valence electrons. The van der Waals surface area contributed by atoms with Gasteiger partial charge in [0.2, 0.25) is 0 Å². The third-order valence-electron chi connectivity index (χ3n) is 6.06. The van der Waals surface area contributed by atoms with Crippen molar-refractivity contribution in [3.8, 4) is 11.5 Å². The van der Waals surface area contributed by atoms with Crippen molar-refractivity contribution in [1.29, 1.82) is 0 Å². The number of allylic oxidation sites excluding steroid dienone is 2. The van der Waals surface area contributed by atoms with Crippen LogP contribution in [0.25, 0.3) is 0 Å². The zero-order chi connectivity index (χ0) is 21.4. The summed E-state index contributed by atoms with van der Waals surface area (Å²) in [5.74, 6) is 0.329. The topological polar surface area (TPSA) is 99.0 Å². The van der Waals surface area contributed by atoms with Gasteiger partial charge in [0.05, 0.1) is 17.3 Å². The summed E-state index contributed by atoms with van der Waals surface area (Å²) in [7, 11) is 0. The van der Waals surface area contributed by atoms with E-state index in [-0.39, 0.29) is 11.7 Å². The Balaban J connectivity index is 1.68. The van der Waals surface area contributed by atoms with E-state index >= 15 is 0 Å². The number of rotatable bonds is 7. The molecule has 2 atom stereocenters. The summed E-state index contributed by atoms with van der Waals surface area (Å²) < 4.78 is 6.25. The number of phenolic OH excluding ortho intramolecular Hbond substituents is 1. The molecule has 2 aliphatic heterocycles. The summed E-state index contributed by atoms with van der Waals surface area (Å²) in [6.45, 7) is 8.00. The van der Waals surface area contributed by atoms with Crippen molar-refractivity contribution in [2.75, 3.05) is 0 Å². The Morgan fingerprint density at radius 3 is 2.83 bits per heavy atom. The summed E-state index contributed by atoms with van der Waals surface area (Å²) in [5, 5.41) is 33.6. The number of carbonyl (C=O) groups is 1. The van der Waals surface area contributed by atoms with Crippen molar-refractivity contribution in [2.45, 2.75) is 90.1 Å². The molecule has 0 saturated heterocycles. The number of fused-ring (bicyclic) bond motifs is 3. The Morgan fingerprint density at radius 1 is 1.41 bits per heavy atom. The largest absolute Gasteiger partial charge is 0.508 e. The maximum absolute atomic E-state index is 12.0. The molecule has 0 fully saturated rings. The second-order valence-corrected chi connectivity index (χ2v) is 9.30. The molecule has 0 spiro atoms. The van der Waals surface area contributed by atoms with Gasteiger partial charge in [-0.05, 0) is 65.9 Å². The predicted molar refractivity (Wildman–Crippen MR) is 111 cm³/mol. The van der Waals surface area contributed by atoms with E-state index in [9.17, 15) is 20.1 Å². The zero-order valence-corrected chi connectivity index (χ0v) is 17.8. The first kappa shape index (κ1) is 21.7. The number of nitrogens with one attached hydrogen (secondary N) is 1. The summed E-state index contributed by atoms with van der Waals surface area (Å²) in [4.78, 5) is 12.0. The van der Waals surface area contributed by atoms with Gasteiger partial charge < -0.3 is 25.4 Å². The first-order valence-corrected chi connectivity index (χ1v) is 10.4. The highest BCUT2D eigenvalue weighted by molar-refractivity contribution is 6.00. The molecule has 2 aliphatic rings. The minimum Gasteiger partial charge on any atom is -0.508 e. The molecule has 4 N–H and O–H groups in total. The van der Waals surface area contributed by atoms with Crippen LogP contribution in [0.5, 0.6) is 11.5 Å². The highest BCUT2D eigenvalue weighted by atomic mass is 16.5. The maximum atomic E-state index is 12.0. The normalized spacial score (nSPS) is 24.0. The zero-order valence-electron chi connectivity index (χ0n) is 17.8. The minimum absolute atomic E-state index is 0.000511. The smallest absolute Gasteiger partial charge is 0.252 e. The quantitative estimate of drug-likeness (QED) is 0.523.